The second-order valence-electron chi connectivity index (χ2n) is 11.4. The third-order valence-corrected chi connectivity index (χ3v) is 8.64. The summed E-state index contributed by atoms with van der Waals surface area (Å²) < 4.78 is 10.6. The molecule has 0 bridgehead atoms. The van der Waals surface area contributed by atoms with Crippen molar-refractivity contribution in [3.8, 4) is 0 Å². The fourth-order valence-corrected chi connectivity index (χ4v) is 6.38. The van der Waals surface area contributed by atoms with Crippen molar-refractivity contribution >= 4 is 11.9 Å². The molecule has 1 aliphatic heterocycles. The van der Waals surface area contributed by atoms with E-state index < -0.39 is 10.8 Å². The summed E-state index contributed by atoms with van der Waals surface area (Å²) in [5.74, 6) is 0.558. The van der Waals surface area contributed by atoms with Crippen LogP contribution in [0, 0.1) is 0 Å². The van der Waals surface area contributed by atoms with E-state index in [1.54, 1.807) is 11.8 Å². The van der Waals surface area contributed by atoms with E-state index in [0.717, 1.165) is 49.2 Å². The van der Waals surface area contributed by atoms with E-state index in [4.69, 9.17) is 9.26 Å². The van der Waals surface area contributed by atoms with Crippen molar-refractivity contribution in [2.45, 2.75) is 43.4 Å². The smallest absolute Gasteiger partial charge is 0.315 e. The molecule has 43 heavy (non-hydrogen) atoms. The lowest BCUT2D eigenvalue weighted by molar-refractivity contribution is -0.142. The van der Waals surface area contributed by atoms with Gasteiger partial charge >= 0.3 is 5.97 Å². The van der Waals surface area contributed by atoms with Crippen molar-refractivity contribution in [2.75, 3.05) is 40.3 Å². The quantitative estimate of drug-likeness (QED) is 0.230. The molecule has 1 saturated heterocycles. The molecule has 1 amide bonds. The number of rotatable bonds is 11. The molecule has 0 radical (unpaired) electrons. The summed E-state index contributed by atoms with van der Waals surface area (Å²) in [6.45, 7) is 4.42. The minimum absolute atomic E-state index is 0.0429. The van der Waals surface area contributed by atoms with Gasteiger partial charge in [0.2, 0.25) is 11.8 Å². The Kier molecular flexibility index (Phi) is 9.36. The van der Waals surface area contributed by atoms with Crippen molar-refractivity contribution in [1.29, 1.82) is 0 Å². The highest BCUT2D eigenvalue weighted by Gasteiger charge is 2.45. The number of hydrogen-bond acceptors (Lipinski definition) is 7. The van der Waals surface area contributed by atoms with E-state index in [-0.39, 0.29) is 24.2 Å². The number of ether oxygens (including phenoxy) is 1. The average molecular weight is 581 g/mol. The third kappa shape index (κ3) is 6.25. The number of likely N-dealkylation sites (tertiary alicyclic amines) is 1. The Hall–Kier alpha value is -4.30. The first-order valence-electron chi connectivity index (χ1n) is 15.0. The van der Waals surface area contributed by atoms with E-state index in [1.165, 1.54) is 0 Å². The van der Waals surface area contributed by atoms with Gasteiger partial charge in [0.05, 0.1) is 12.0 Å². The SMILES string of the molecule is CCOC(=O)Cc1nc(C2(c3ccccc3)CCN(CCC(C(=O)N(C)C)(c3ccccc3)c3ccccc3)CC2)no1. The number of nitrogens with zero attached hydrogens (tertiary/aromatic N) is 4. The minimum Gasteiger partial charge on any atom is -0.466 e. The highest BCUT2D eigenvalue weighted by atomic mass is 16.5. The van der Waals surface area contributed by atoms with Crippen LogP contribution in [0.4, 0.5) is 0 Å². The van der Waals surface area contributed by atoms with Gasteiger partial charge in [0.15, 0.2) is 5.82 Å². The van der Waals surface area contributed by atoms with E-state index in [2.05, 4.69) is 51.4 Å². The first kappa shape index (κ1) is 30.2. The van der Waals surface area contributed by atoms with Crippen LogP contribution in [0.2, 0.25) is 0 Å². The number of esters is 1. The van der Waals surface area contributed by atoms with Gasteiger partial charge in [-0.3, -0.25) is 9.59 Å². The molecule has 1 aromatic heterocycles. The van der Waals surface area contributed by atoms with Crippen molar-refractivity contribution in [3.05, 3.63) is 119 Å². The maximum atomic E-state index is 14.1. The monoisotopic (exact) mass is 580 g/mol. The molecule has 224 valence electrons. The van der Waals surface area contributed by atoms with Crippen molar-refractivity contribution in [3.63, 3.8) is 0 Å². The largest absolute Gasteiger partial charge is 0.466 e. The molecule has 3 aromatic carbocycles. The number of amides is 1. The van der Waals surface area contributed by atoms with Gasteiger partial charge in [-0.15, -0.1) is 0 Å². The normalized spacial score (nSPS) is 15.1. The topological polar surface area (TPSA) is 88.8 Å². The zero-order chi connectivity index (χ0) is 30.3. The summed E-state index contributed by atoms with van der Waals surface area (Å²) in [6.07, 6.45) is 2.16. The predicted molar refractivity (Wildman–Crippen MR) is 165 cm³/mol. The Labute approximate surface area is 253 Å². The molecular formula is C35H40N4O4. The Morgan fingerprint density at radius 3 is 2.00 bits per heavy atom. The van der Waals surface area contributed by atoms with Gasteiger partial charge in [0.1, 0.15) is 11.8 Å². The van der Waals surface area contributed by atoms with Crippen molar-refractivity contribution in [2.24, 2.45) is 0 Å². The van der Waals surface area contributed by atoms with Crippen LogP contribution < -0.4 is 0 Å². The molecule has 0 unspecified atom stereocenters. The summed E-state index contributed by atoms with van der Waals surface area (Å²) in [5.41, 5.74) is 1.87. The van der Waals surface area contributed by atoms with Crippen LogP contribution in [0.1, 0.15) is 54.6 Å². The molecule has 4 aromatic rings. The number of piperidine rings is 1. The number of aromatic nitrogens is 2. The maximum Gasteiger partial charge on any atom is 0.315 e. The summed E-state index contributed by atoms with van der Waals surface area (Å²) in [6, 6.07) is 30.6. The summed E-state index contributed by atoms with van der Waals surface area (Å²) in [7, 11) is 3.67. The van der Waals surface area contributed by atoms with Gasteiger partial charge in [-0.1, -0.05) is 96.2 Å². The van der Waals surface area contributed by atoms with Gasteiger partial charge in [-0.25, -0.2) is 0 Å². The number of hydrogen-bond donors (Lipinski definition) is 0. The standard InChI is InChI=1S/C35H40N4O4/c1-4-42-31(40)26-30-36-32(37-43-30)34(27-14-8-5-9-15-27)20-23-39(24-21-34)25-22-35(33(41)38(2)3,28-16-10-6-11-17-28)29-18-12-7-13-19-29/h5-19H,4,20-26H2,1-3H3. The molecule has 0 atom stereocenters. The molecule has 8 nitrogen and oxygen atoms in total. The zero-order valence-electron chi connectivity index (χ0n) is 25.2. The first-order chi connectivity index (χ1) is 20.9. The fourth-order valence-electron chi connectivity index (χ4n) is 6.38. The van der Waals surface area contributed by atoms with Gasteiger partial charge < -0.3 is 19.1 Å². The summed E-state index contributed by atoms with van der Waals surface area (Å²) >= 11 is 0. The Morgan fingerprint density at radius 1 is 0.907 bits per heavy atom. The number of carbonyl (C=O) groups is 2. The zero-order valence-corrected chi connectivity index (χ0v) is 25.2. The van der Waals surface area contributed by atoms with Crippen LogP contribution in [0.3, 0.4) is 0 Å². The second kappa shape index (κ2) is 13.3. The molecule has 0 spiro atoms. The van der Waals surface area contributed by atoms with Gasteiger partial charge in [0, 0.05) is 14.1 Å². The third-order valence-electron chi connectivity index (χ3n) is 8.64. The molecule has 5 rings (SSSR count). The summed E-state index contributed by atoms with van der Waals surface area (Å²) in [5, 5.41) is 4.37. The lowest BCUT2D eigenvalue weighted by Crippen LogP contribution is -2.49. The van der Waals surface area contributed by atoms with Crippen LogP contribution >= 0.6 is 0 Å². The summed E-state index contributed by atoms with van der Waals surface area (Å²) in [4.78, 5) is 35.0. The fraction of sp³-hybridized carbons (Fsp3) is 0.371. The Balaban J connectivity index is 1.40. The molecule has 0 saturated carbocycles. The average Bonchev–Trinajstić information content (AvgIpc) is 3.52. The number of carbonyl (C=O) groups excluding carboxylic acids is 2. The van der Waals surface area contributed by atoms with Crippen LogP contribution in [0.25, 0.3) is 0 Å². The molecule has 0 aliphatic carbocycles. The molecule has 0 N–H and O–H groups in total. The predicted octanol–water partition coefficient (Wildman–Crippen LogP) is 5.02. The van der Waals surface area contributed by atoms with Crippen LogP contribution in [-0.4, -0.2) is 72.2 Å². The van der Waals surface area contributed by atoms with Gasteiger partial charge in [-0.05, 0) is 62.5 Å². The molecule has 1 aliphatic rings. The van der Waals surface area contributed by atoms with Crippen LogP contribution in [0.5, 0.6) is 0 Å². The molecule has 1 fully saturated rings. The van der Waals surface area contributed by atoms with E-state index >= 15 is 0 Å². The van der Waals surface area contributed by atoms with Gasteiger partial charge in [0.25, 0.3) is 0 Å². The highest BCUT2D eigenvalue weighted by molar-refractivity contribution is 5.92. The van der Waals surface area contributed by atoms with Crippen molar-refractivity contribution in [1.82, 2.24) is 19.9 Å². The molecule has 8 heteroatoms. The maximum absolute atomic E-state index is 14.1. The number of benzene rings is 3. The Bertz CT molecular complexity index is 1440. The molecular weight excluding hydrogens is 540 g/mol. The van der Waals surface area contributed by atoms with E-state index in [0.29, 0.717) is 18.9 Å². The van der Waals surface area contributed by atoms with Crippen LogP contribution in [0.15, 0.2) is 95.5 Å². The van der Waals surface area contributed by atoms with Gasteiger partial charge in [-0.2, -0.15) is 4.98 Å². The van der Waals surface area contributed by atoms with E-state index in [1.807, 2.05) is 68.7 Å². The number of likely N-dealkylation sites (N-methyl/N-ethyl adjacent to an activating group) is 1. The lowest BCUT2D eigenvalue weighted by Gasteiger charge is -2.42. The minimum atomic E-state index is -0.810. The second-order valence-corrected chi connectivity index (χ2v) is 11.4. The van der Waals surface area contributed by atoms with E-state index in [9.17, 15) is 9.59 Å². The highest BCUT2D eigenvalue weighted by Crippen LogP contribution is 2.42. The van der Waals surface area contributed by atoms with Crippen molar-refractivity contribution < 1.29 is 18.8 Å². The lowest BCUT2D eigenvalue weighted by atomic mass is 9.70. The molecule has 2 heterocycles. The Morgan fingerprint density at radius 2 is 1.47 bits per heavy atom. The first-order valence-corrected chi connectivity index (χ1v) is 15.0. The van der Waals surface area contributed by atoms with Crippen LogP contribution in [-0.2, 0) is 31.6 Å².